The highest BCUT2D eigenvalue weighted by molar-refractivity contribution is 5.70. The fraction of sp³-hybridized carbons (Fsp3) is 0.448. The number of phenolic OH excluding ortho intramolecular Hbond substituents is 1. The Hall–Kier alpha value is -4.08. The number of likely N-dealkylation sites (N-methyl/N-ethyl adjacent to an activating group) is 1. The highest BCUT2D eigenvalue weighted by Crippen LogP contribution is 2.25. The molecule has 3 aromatic rings. The van der Waals surface area contributed by atoms with Crippen molar-refractivity contribution >= 4 is 29.5 Å². The second kappa shape index (κ2) is 13.1. The zero-order valence-corrected chi connectivity index (χ0v) is 22.9. The molecule has 0 spiro atoms. The van der Waals surface area contributed by atoms with E-state index >= 15 is 0 Å². The Morgan fingerprint density at radius 1 is 1.10 bits per heavy atom. The van der Waals surface area contributed by atoms with Crippen LogP contribution >= 0.6 is 0 Å². The largest absolute Gasteiger partial charge is 0.508 e. The van der Waals surface area contributed by atoms with Gasteiger partial charge in [-0.2, -0.15) is 15.0 Å². The second-order valence-corrected chi connectivity index (χ2v) is 10.2. The van der Waals surface area contributed by atoms with E-state index in [4.69, 9.17) is 14.7 Å². The number of rotatable bonds is 12. The van der Waals surface area contributed by atoms with E-state index in [1.807, 2.05) is 43.1 Å². The first-order chi connectivity index (χ1) is 18.8. The van der Waals surface area contributed by atoms with Crippen molar-refractivity contribution in [2.45, 2.75) is 39.5 Å². The Morgan fingerprint density at radius 2 is 1.79 bits per heavy atom. The number of aromatic nitrogens is 3. The monoisotopic (exact) mass is 534 g/mol. The average molecular weight is 535 g/mol. The fourth-order valence-corrected chi connectivity index (χ4v) is 4.42. The van der Waals surface area contributed by atoms with E-state index in [0.29, 0.717) is 49.8 Å². The summed E-state index contributed by atoms with van der Waals surface area (Å²) >= 11 is 0. The molecule has 1 fully saturated rings. The van der Waals surface area contributed by atoms with Gasteiger partial charge in [0, 0.05) is 25.8 Å². The van der Waals surface area contributed by atoms with Crippen LogP contribution in [0.4, 0.5) is 23.5 Å². The molecule has 1 aliphatic heterocycles. The zero-order chi connectivity index (χ0) is 27.8. The summed E-state index contributed by atoms with van der Waals surface area (Å²) in [4.78, 5) is 29.6. The Bertz CT molecular complexity index is 1210. The lowest BCUT2D eigenvalue weighted by atomic mass is 9.97. The number of benzene rings is 2. The molecule has 2 aromatic carbocycles. The van der Waals surface area contributed by atoms with Crippen LogP contribution in [0.25, 0.3) is 0 Å². The predicted octanol–water partition coefficient (Wildman–Crippen LogP) is 4.73. The van der Waals surface area contributed by atoms with E-state index in [2.05, 4.69) is 22.1 Å². The number of hydrogen-bond acceptors (Lipinski definition) is 9. The first kappa shape index (κ1) is 27.9. The van der Waals surface area contributed by atoms with Crippen LogP contribution in [0, 0.1) is 11.8 Å². The summed E-state index contributed by atoms with van der Waals surface area (Å²) in [5.74, 6) is 2.09. The molecule has 1 unspecified atom stereocenters. The van der Waals surface area contributed by atoms with E-state index in [1.165, 1.54) is 0 Å². The van der Waals surface area contributed by atoms with Gasteiger partial charge in [0.25, 0.3) is 0 Å². The van der Waals surface area contributed by atoms with Gasteiger partial charge in [-0.05, 0) is 73.6 Å². The van der Waals surface area contributed by atoms with E-state index in [1.54, 1.807) is 24.3 Å². The highest BCUT2D eigenvalue weighted by Gasteiger charge is 2.21. The molecular formula is C29H38N6O4. The van der Waals surface area contributed by atoms with Crippen LogP contribution in [0.15, 0.2) is 48.5 Å². The lowest BCUT2D eigenvalue weighted by Crippen LogP contribution is -2.35. The van der Waals surface area contributed by atoms with Crippen molar-refractivity contribution in [2.24, 2.45) is 11.8 Å². The van der Waals surface area contributed by atoms with Crippen molar-refractivity contribution < 1.29 is 19.7 Å². The van der Waals surface area contributed by atoms with Crippen LogP contribution in [-0.4, -0.2) is 64.4 Å². The molecule has 4 rings (SSSR count). The fourth-order valence-electron chi connectivity index (χ4n) is 4.42. The van der Waals surface area contributed by atoms with Crippen LogP contribution in [0.1, 0.15) is 38.7 Å². The molecule has 0 amide bonds. The van der Waals surface area contributed by atoms with Crippen LogP contribution in [-0.2, 0) is 11.2 Å². The molecule has 208 valence electrons. The molecule has 1 aliphatic rings. The van der Waals surface area contributed by atoms with Gasteiger partial charge in [0.15, 0.2) is 0 Å². The normalized spacial score (nSPS) is 14.6. The Morgan fingerprint density at radius 3 is 2.44 bits per heavy atom. The quantitative estimate of drug-likeness (QED) is 0.281. The summed E-state index contributed by atoms with van der Waals surface area (Å²) in [6, 6.07) is 14.4. The number of phenols is 1. The summed E-state index contributed by atoms with van der Waals surface area (Å²) in [7, 11) is 1.92. The van der Waals surface area contributed by atoms with Crippen LogP contribution < -0.4 is 19.9 Å². The minimum atomic E-state index is -0.765. The number of aromatic hydroxyl groups is 1. The lowest BCUT2D eigenvalue weighted by molar-refractivity contribution is -0.141. The van der Waals surface area contributed by atoms with Gasteiger partial charge in [-0.3, -0.25) is 4.79 Å². The van der Waals surface area contributed by atoms with Crippen molar-refractivity contribution in [1.82, 2.24) is 15.0 Å². The van der Waals surface area contributed by atoms with Gasteiger partial charge in [-0.1, -0.05) is 26.0 Å². The van der Waals surface area contributed by atoms with Gasteiger partial charge in [-0.15, -0.1) is 0 Å². The number of carboxylic acids is 1. The second-order valence-electron chi connectivity index (χ2n) is 10.2. The zero-order valence-electron chi connectivity index (χ0n) is 22.9. The molecule has 0 bridgehead atoms. The predicted molar refractivity (Wildman–Crippen MR) is 152 cm³/mol. The van der Waals surface area contributed by atoms with Crippen molar-refractivity contribution in [1.29, 1.82) is 0 Å². The van der Waals surface area contributed by atoms with Crippen LogP contribution in [0.5, 0.6) is 11.5 Å². The van der Waals surface area contributed by atoms with E-state index in [-0.39, 0.29) is 11.7 Å². The standard InChI is InChI=1S/C29H38N6O4/c1-4-22(26(37)38)19-21-5-11-25(12-6-21)39-18-17-34(3)28-31-27(30-23-7-9-24(36)10-8-23)32-29(33-28)35-15-13-20(2)14-16-35/h5-12,20,22,36H,4,13-19H2,1-3H3,(H,37,38)(H,30,31,32,33). The Balaban J connectivity index is 1.41. The molecule has 1 atom stereocenters. The molecule has 3 N–H and O–H groups in total. The molecule has 10 heteroatoms. The smallest absolute Gasteiger partial charge is 0.306 e. The van der Waals surface area contributed by atoms with Crippen LogP contribution in [0.2, 0.25) is 0 Å². The highest BCUT2D eigenvalue weighted by atomic mass is 16.5. The molecular weight excluding hydrogens is 496 g/mol. The van der Waals surface area contributed by atoms with Gasteiger partial charge < -0.3 is 30.1 Å². The summed E-state index contributed by atoms with van der Waals surface area (Å²) in [5, 5.41) is 22.1. The number of hydrogen-bond donors (Lipinski definition) is 3. The SMILES string of the molecule is CCC(Cc1ccc(OCCN(C)c2nc(Nc3ccc(O)cc3)nc(N3CCC(C)CC3)n2)cc1)C(=O)O. The summed E-state index contributed by atoms with van der Waals surface area (Å²) in [6.45, 7) is 6.94. The van der Waals surface area contributed by atoms with Gasteiger partial charge in [0.05, 0.1) is 12.5 Å². The van der Waals surface area contributed by atoms with E-state index in [9.17, 15) is 15.0 Å². The van der Waals surface area contributed by atoms with Gasteiger partial charge >= 0.3 is 5.97 Å². The maximum absolute atomic E-state index is 11.3. The molecule has 1 saturated heterocycles. The number of ether oxygens (including phenoxy) is 1. The van der Waals surface area contributed by atoms with Crippen molar-refractivity contribution in [2.75, 3.05) is 48.4 Å². The minimum absolute atomic E-state index is 0.194. The third-order valence-electron chi connectivity index (χ3n) is 7.09. The number of carbonyl (C=O) groups is 1. The first-order valence-corrected chi connectivity index (χ1v) is 13.5. The van der Waals surface area contributed by atoms with Gasteiger partial charge in [-0.25, -0.2) is 0 Å². The third-order valence-corrected chi connectivity index (χ3v) is 7.09. The number of nitrogens with one attached hydrogen (secondary N) is 1. The summed E-state index contributed by atoms with van der Waals surface area (Å²) < 4.78 is 5.95. The van der Waals surface area contributed by atoms with Crippen molar-refractivity contribution in [3.8, 4) is 11.5 Å². The Labute approximate surface area is 229 Å². The molecule has 0 aliphatic carbocycles. The summed E-state index contributed by atoms with van der Waals surface area (Å²) in [6.07, 6.45) is 3.30. The van der Waals surface area contributed by atoms with Crippen molar-refractivity contribution in [3.05, 3.63) is 54.1 Å². The van der Waals surface area contributed by atoms with Crippen molar-refractivity contribution in [3.63, 3.8) is 0 Å². The summed E-state index contributed by atoms with van der Waals surface area (Å²) in [5.41, 5.74) is 1.75. The van der Waals surface area contributed by atoms with E-state index in [0.717, 1.165) is 42.9 Å². The number of carboxylic acid groups (broad SMARTS) is 1. The molecule has 1 aromatic heterocycles. The maximum atomic E-state index is 11.3. The number of anilines is 4. The van der Waals surface area contributed by atoms with E-state index < -0.39 is 5.97 Å². The molecule has 0 radical (unpaired) electrons. The number of nitrogens with zero attached hydrogens (tertiary/aromatic N) is 5. The molecule has 39 heavy (non-hydrogen) atoms. The molecule has 10 nitrogen and oxygen atoms in total. The minimum Gasteiger partial charge on any atom is -0.508 e. The average Bonchev–Trinajstić information content (AvgIpc) is 2.93. The topological polar surface area (TPSA) is 124 Å². The Kier molecular flexibility index (Phi) is 9.40. The van der Waals surface area contributed by atoms with Crippen LogP contribution in [0.3, 0.4) is 0 Å². The number of piperidine rings is 1. The van der Waals surface area contributed by atoms with Gasteiger partial charge in [0.2, 0.25) is 17.8 Å². The lowest BCUT2D eigenvalue weighted by Gasteiger charge is -2.31. The maximum Gasteiger partial charge on any atom is 0.306 e. The number of aliphatic carboxylic acids is 1. The van der Waals surface area contributed by atoms with Gasteiger partial charge in [0.1, 0.15) is 18.1 Å². The third kappa shape index (κ3) is 7.95. The molecule has 0 saturated carbocycles. The first-order valence-electron chi connectivity index (χ1n) is 13.5. The molecule has 2 heterocycles.